The minimum absolute atomic E-state index is 0.131. The van der Waals surface area contributed by atoms with Crippen molar-refractivity contribution in [3.63, 3.8) is 0 Å². The number of amides is 1. The minimum atomic E-state index is -0.813. The maximum Gasteiger partial charge on any atom is 0.338 e. The van der Waals surface area contributed by atoms with Gasteiger partial charge in [0.2, 0.25) is 0 Å². The van der Waals surface area contributed by atoms with Gasteiger partial charge in [-0.1, -0.05) is 24.3 Å². The predicted molar refractivity (Wildman–Crippen MR) is 108 cm³/mol. The van der Waals surface area contributed by atoms with Crippen LogP contribution < -0.4 is 0 Å². The molecule has 1 amide bonds. The van der Waals surface area contributed by atoms with Gasteiger partial charge in [-0.05, 0) is 75.4 Å². The quantitative estimate of drug-likeness (QED) is 0.798. The van der Waals surface area contributed by atoms with E-state index in [1.165, 1.54) is 0 Å². The lowest BCUT2D eigenvalue weighted by molar-refractivity contribution is -0.146. The average Bonchev–Trinajstić information content (AvgIpc) is 2.68. The number of benzene rings is 2. The summed E-state index contributed by atoms with van der Waals surface area (Å²) in [5, 5.41) is 9.38. The summed E-state index contributed by atoms with van der Waals surface area (Å²) in [6.45, 7) is 5.73. The summed E-state index contributed by atoms with van der Waals surface area (Å²) in [6.07, 6.45) is 2.27. The summed E-state index contributed by atoms with van der Waals surface area (Å²) < 4.78 is 5.45. The molecule has 1 aliphatic rings. The number of piperidine rings is 1. The smallest absolute Gasteiger partial charge is 0.338 e. The zero-order chi connectivity index (χ0) is 20.3. The van der Waals surface area contributed by atoms with Gasteiger partial charge >= 0.3 is 5.97 Å². The highest BCUT2D eigenvalue weighted by Crippen LogP contribution is 2.25. The second-order valence-electron chi connectivity index (χ2n) is 7.55. The third kappa shape index (κ3) is 4.35. The maximum atomic E-state index is 12.8. The molecule has 5 heteroatoms. The number of likely N-dealkylation sites (tertiary alicyclic amines) is 1. The molecule has 5 nitrogen and oxygen atoms in total. The first-order valence-corrected chi connectivity index (χ1v) is 9.79. The Morgan fingerprint density at radius 1 is 0.964 bits per heavy atom. The molecule has 1 fully saturated rings. The zero-order valence-electron chi connectivity index (χ0n) is 16.6. The van der Waals surface area contributed by atoms with Crippen molar-refractivity contribution in [1.29, 1.82) is 0 Å². The van der Waals surface area contributed by atoms with Gasteiger partial charge in [0, 0.05) is 12.1 Å². The lowest BCUT2D eigenvalue weighted by atomic mass is 9.97. The van der Waals surface area contributed by atoms with Crippen molar-refractivity contribution in [2.24, 2.45) is 0 Å². The SMILES string of the molecule is C[C@@H]1CCC[C@@H](C)N1C(=O)[C@@H](C)OC(=O)c1ccc(-c2ccc(O)cc2)cc1. The van der Waals surface area contributed by atoms with E-state index in [-0.39, 0.29) is 23.7 Å². The van der Waals surface area contributed by atoms with Crippen LogP contribution in [-0.2, 0) is 9.53 Å². The van der Waals surface area contributed by atoms with Crippen molar-refractivity contribution in [2.45, 2.75) is 58.2 Å². The fraction of sp³-hybridized carbons (Fsp3) is 0.391. The molecular weight excluding hydrogens is 354 g/mol. The van der Waals surface area contributed by atoms with Crippen LogP contribution in [0, 0.1) is 0 Å². The number of nitrogens with zero attached hydrogens (tertiary/aromatic N) is 1. The predicted octanol–water partition coefficient (Wildman–Crippen LogP) is 4.39. The Bertz CT molecular complexity index is 819. The van der Waals surface area contributed by atoms with E-state index in [2.05, 4.69) is 0 Å². The summed E-state index contributed by atoms with van der Waals surface area (Å²) in [6, 6.07) is 14.2. The van der Waals surface area contributed by atoms with Crippen LogP contribution in [0.3, 0.4) is 0 Å². The summed E-state index contributed by atoms with van der Waals surface area (Å²) in [4.78, 5) is 27.1. The Morgan fingerprint density at radius 2 is 1.46 bits per heavy atom. The monoisotopic (exact) mass is 381 g/mol. The van der Waals surface area contributed by atoms with E-state index in [1.807, 2.05) is 43.0 Å². The maximum absolute atomic E-state index is 12.8. The van der Waals surface area contributed by atoms with Gasteiger partial charge in [-0.15, -0.1) is 0 Å². The Morgan fingerprint density at radius 3 is 2.00 bits per heavy atom. The summed E-state index contributed by atoms with van der Waals surface area (Å²) in [5.74, 6) is -0.427. The molecule has 0 radical (unpaired) electrons. The highest BCUT2D eigenvalue weighted by molar-refractivity contribution is 5.92. The molecule has 1 heterocycles. The molecule has 0 bridgehead atoms. The number of esters is 1. The van der Waals surface area contributed by atoms with Crippen LogP contribution in [0.4, 0.5) is 0 Å². The topological polar surface area (TPSA) is 66.8 Å². The highest BCUT2D eigenvalue weighted by Gasteiger charge is 2.33. The average molecular weight is 381 g/mol. The largest absolute Gasteiger partial charge is 0.508 e. The summed E-state index contributed by atoms with van der Waals surface area (Å²) in [7, 11) is 0. The molecule has 0 spiro atoms. The number of hydrogen-bond acceptors (Lipinski definition) is 4. The first-order valence-electron chi connectivity index (χ1n) is 9.79. The van der Waals surface area contributed by atoms with Gasteiger partial charge in [-0.3, -0.25) is 4.79 Å². The van der Waals surface area contributed by atoms with E-state index >= 15 is 0 Å². The number of phenolic OH excluding ortho intramolecular Hbond substituents is 1. The van der Waals surface area contributed by atoms with Crippen LogP contribution in [0.5, 0.6) is 5.75 Å². The van der Waals surface area contributed by atoms with Crippen molar-refractivity contribution in [3.8, 4) is 16.9 Å². The number of ether oxygens (including phenoxy) is 1. The van der Waals surface area contributed by atoms with Crippen LogP contribution in [0.25, 0.3) is 11.1 Å². The number of carbonyl (C=O) groups excluding carboxylic acids is 2. The molecule has 0 unspecified atom stereocenters. The molecule has 3 rings (SSSR count). The standard InChI is InChI=1S/C23H27NO4/c1-15-5-4-6-16(2)24(15)22(26)17(3)28-23(27)20-9-7-18(8-10-20)19-11-13-21(25)14-12-19/h7-17,25H,4-6H2,1-3H3/t15-,16-,17-/m1/s1. The van der Waals surface area contributed by atoms with Gasteiger partial charge in [0.25, 0.3) is 5.91 Å². The van der Waals surface area contributed by atoms with Crippen molar-refractivity contribution in [3.05, 3.63) is 54.1 Å². The van der Waals surface area contributed by atoms with Crippen LogP contribution >= 0.6 is 0 Å². The lowest BCUT2D eigenvalue weighted by Gasteiger charge is -2.40. The van der Waals surface area contributed by atoms with Crippen molar-refractivity contribution in [1.82, 2.24) is 4.90 Å². The van der Waals surface area contributed by atoms with E-state index in [0.29, 0.717) is 5.56 Å². The molecule has 0 saturated carbocycles. The molecule has 1 saturated heterocycles. The van der Waals surface area contributed by atoms with E-state index in [4.69, 9.17) is 4.74 Å². The van der Waals surface area contributed by atoms with Gasteiger partial charge in [-0.25, -0.2) is 4.79 Å². The third-order valence-electron chi connectivity index (χ3n) is 5.40. The third-order valence-corrected chi connectivity index (χ3v) is 5.40. The van der Waals surface area contributed by atoms with E-state index < -0.39 is 12.1 Å². The second-order valence-corrected chi connectivity index (χ2v) is 7.55. The second kappa shape index (κ2) is 8.46. The molecule has 0 aromatic heterocycles. The van der Waals surface area contributed by atoms with Crippen molar-refractivity contribution in [2.75, 3.05) is 0 Å². The molecule has 2 aromatic rings. The van der Waals surface area contributed by atoms with Gasteiger partial charge in [0.1, 0.15) is 5.75 Å². The molecule has 3 atom stereocenters. The van der Waals surface area contributed by atoms with Gasteiger partial charge in [-0.2, -0.15) is 0 Å². The van der Waals surface area contributed by atoms with Crippen LogP contribution in [0.2, 0.25) is 0 Å². The Hall–Kier alpha value is -2.82. The molecule has 1 aliphatic heterocycles. The van der Waals surface area contributed by atoms with E-state index in [1.54, 1.807) is 31.2 Å². The molecule has 148 valence electrons. The van der Waals surface area contributed by atoms with Crippen LogP contribution in [0.15, 0.2) is 48.5 Å². The Kier molecular flexibility index (Phi) is 6.02. The minimum Gasteiger partial charge on any atom is -0.508 e. The molecular formula is C23H27NO4. The normalized spacial score (nSPS) is 20.5. The first-order chi connectivity index (χ1) is 13.4. The van der Waals surface area contributed by atoms with Gasteiger partial charge in [0.15, 0.2) is 6.10 Å². The van der Waals surface area contributed by atoms with Crippen LogP contribution in [-0.4, -0.2) is 40.1 Å². The molecule has 2 aromatic carbocycles. The first kappa shape index (κ1) is 19.9. The number of rotatable bonds is 4. The fourth-order valence-electron chi connectivity index (χ4n) is 3.80. The molecule has 28 heavy (non-hydrogen) atoms. The van der Waals surface area contributed by atoms with Crippen molar-refractivity contribution >= 4 is 11.9 Å². The number of aromatic hydroxyl groups is 1. The molecule has 1 N–H and O–H groups in total. The highest BCUT2D eigenvalue weighted by atomic mass is 16.5. The Labute approximate surface area is 165 Å². The van der Waals surface area contributed by atoms with E-state index in [9.17, 15) is 14.7 Å². The van der Waals surface area contributed by atoms with E-state index in [0.717, 1.165) is 30.4 Å². The molecule has 0 aliphatic carbocycles. The fourth-order valence-corrected chi connectivity index (χ4v) is 3.80. The van der Waals surface area contributed by atoms with Gasteiger partial charge in [0.05, 0.1) is 5.56 Å². The number of hydrogen-bond donors (Lipinski definition) is 1. The summed E-state index contributed by atoms with van der Waals surface area (Å²) >= 11 is 0. The number of carbonyl (C=O) groups is 2. The van der Waals surface area contributed by atoms with Crippen LogP contribution in [0.1, 0.15) is 50.4 Å². The Balaban J connectivity index is 1.65. The zero-order valence-corrected chi connectivity index (χ0v) is 16.6. The van der Waals surface area contributed by atoms with Gasteiger partial charge < -0.3 is 14.7 Å². The lowest BCUT2D eigenvalue weighted by Crippen LogP contribution is -2.51. The van der Waals surface area contributed by atoms with Crippen molar-refractivity contribution < 1.29 is 19.4 Å². The number of phenols is 1. The summed E-state index contributed by atoms with van der Waals surface area (Å²) in [5.41, 5.74) is 2.27.